The first kappa shape index (κ1) is 17.7. The smallest absolute Gasteiger partial charge is 0.320 e. The maximum Gasteiger partial charge on any atom is 0.383 e. The number of anilines is 1. The molecule has 1 N–H and O–H groups in total. The number of nitrogens with one attached hydrogen (secondary N) is 1. The minimum Gasteiger partial charge on any atom is -0.320 e. The minimum atomic E-state index is -4.85. The predicted molar refractivity (Wildman–Crippen MR) is 68.5 cm³/mol. The van der Waals surface area contributed by atoms with Gasteiger partial charge in [-0.25, -0.2) is 17.2 Å². The fourth-order valence-corrected chi connectivity index (χ4v) is 2.46. The lowest BCUT2D eigenvalue weighted by atomic mass is 10.1. The molecule has 0 aliphatic heterocycles. The molecular weight excluding hydrogens is 338 g/mol. The van der Waals surface area contributed by atoms with Gasteiger partial charge in [0.05, 0.1) is 4.90 Å². The lowest BCUT2D eigenvalue weighted by Crippen LogP contribution is -2.41. The number of alkyl halides is 4. The van der Waals surface area contributed by atoms with Crippen LogP contribution in [0.4, 0.5) is 23.2 Å². The normalized spacial score (nSPS) is 12.6. The van der Waals surface area contributed by atoms with Crippen LogP contribution in [0.2, 0.25) is 0 Å². The second-order valence-electron chi connectivity index (χ2n) is 4.25. The van der Waals surface area contributed by atoms with Crippen LogP contribution in [0.25, 0.3) is 0 Å². The first-order valence-corrected chi connectivity index (χ1v) is 7.71. The molecule has 0 fully saturated rings. The number of carbonyl (C=O) groups excluding carboxylic acids is 1. The number of benzene rings is 1. The standard InChI is InChI=1S/C11H10ClF4NO3S/c1-5-3-7(21(12,19)20)4-6(2)8(5)17-10(18)11(15,16)9(13)14/h3-4,9H,1-2H3,(H,17,18). The molecule has 10 heteroatoms. The van der Waals surface area contributed by atoms with Gasteiger partial charge < -0.3 is 5.32 Å². The van der Waals surface area contributed by atoms with E-state index >= 15 is 0 Å². The summed E-state index contributed by atoms with van der Waals surface area (Å²) in [6.45, 7) is 2.63. The molecule has 1 rings (SSSR count). The largest absolute Gasteiger partial charge is 0.383 e. The molecule has 0 unspecified atom stereocenters. The van der Waals surface area contributed by atoms with Crippen LogP contribution in [-0.4, -0.2) is 26.7 Å². The summed E-state index contributed by atoms with van der Waals surface area (Å²) in [5, 5.41) is 1.67. The van der Waals surface area contributed by atoms with Crippen LogP contribution in [0, 0.1) is 13.8 Å². The second-order valence-corrected chi connectivity index (χ2v) is 6.81. The van der Waals surface area contributed by atoms with E-state index in [9.17, 15) is 30.8 Å². The molecule has 0 spiro atoms. The molecule has 0 saturated heterocycles. The van der Waals surface area contributed by atoms with Crippen molar-refractivity contribution >= 4 is 31.3 Å². The van der Waals surface area contributed by atoms with Crippen molar-refractivity contribution in [1.82, 2.24) is 0 Å². The quantitative estimate of drug-likeness (QED) is 0.672. The SMILES string of the molecule is Cc1cc(S(=O)(=O)Cl)cc(C)c1NC(=O)C(F)(F)C(F)F. The van der Waals surface area contributed by atoms with E-state index in [4.69, 9.17) is 10.7 Å². The summed E-state index contributed by atoms with van der Waals surface area (Å²) >= 11 is 0. The Morgan fingerprint density at radius 2 is 1.67 bits per heavy atom. The molecule has 4 nitrogen and oxygen atoms in total. The topological polar surface area (TPSA) is 63.2 Å². The van der Waals surface area contributed by atoms with E-state index in [0.717, 1.165) is 12.1 Å². The van der Waals surface area contributed by atoms with Gasteiger partial charge in [0, 0.05) is 16.4 Å². The van der Waals surface area contributed by atoms with Crippen molar-refractivity contribution in [3.63, 3.8) is 0 Å². The Morgan fingerprint density at radius 1 is 1.24 bits per heavy atom. The van der Waals surface area contributed by atoms with Crippen molar-refractivity contribution in [3.8, 4) is 0 Å². The zero-order valence-corrected chi connectivity index (χ0v) is 12.3. The summed E-state index contributed by atoms with van der Waals surface area (Å²) in [5.41, 5.74) is 0.00433. The fourth-order valence-electron chi connectivity index (χ4n) is 1.56. The molecule has 1 aromatic carbocycles. The van der Waals surface area contributed by atoms with Crippen molar-refractivity contribution in [1.29, 1.82) is 0 Å². The van der Waals surface area contributed by atoms with Crippen molar-refractivity contribution in [2.45, 2.75) is 31.1 Å². The molecule has 118 valence electrons. The van der Waals surface area contributed by atoms with Gasteiger partial charge in [-0.3, -0.25) is 4.79 Å². The maximum absolute atomic E-state index is 12.9. The van der Waals surface area contributed by atoms with E-state index in [1.54, 1.807) is 5.32 Å². The third-order valence-electron chi connectivity index (χ3n) is 2.60. The Morgan fingerprint density at radius 3 is 2.00 bits per heavy atom. The fraction of sp³-hybridized carbons (Fsp3) is 0.364. The highest BCUT2D eigenvalue weighted by Crippen LogP contribution is 2.29. The van der Waals surface area contributed by atoms with Crippen molar-refractivity contribution in [2.24, 2.45) is 0 Å². The molecular formula is C11H10ClF4NO3S. The van der Waals surface area contributed by atoms with Crippen molar-refractivity contribution in [3.05, 3.63) is 23.3 Å². The molecule has 21 heavy (non-hydrogen) atoms. The molecule has 0 radical (unpaired) electrons. The Bertz CT molecular complexity index is 653. The predicted octanol–water partition coefficient (Wildman–Crippen LogP) is 3.07. The van der Waals surface area contributed by atoms with Gasteiger partial charge in [-0.1, -0.05) is 0 Å². The average Bonchev–Trinajstić information content (AvgIpc) is 2.31. The molecule has 0 atom stereocenters. The van der Waals surface area contributed by atoms with Gasteiger partial charge in [-0.15, -0.1) is 0 Å². The monoisotopic (exact) mass is 347 g/mol. The second kappa shape index (κ2) is 5.80. The first-order chi connectivity index (χ1) is 9.37. The van der Waals surface area contributed by atoms with E-state index < -0.39 is 27.3 Å². The number of carbonyl (C=O) groups is 1. The Balaban J connectivity index is 3.21. The van der Waals surface area contributed by atoms with Gasteiger partial charge >= 0.3 is 18.3 Å². The van der Waals surface area contributed by atoms with E-state index in [2.05, 4.69) is 0 Å². The van der Waals surface area contributed by atoms with Crippen LogP contribution in [0.15, 0.2) is 17.0 Å². The van der Waals surface area contributed by atoms with Crippen LogP contribution < -0.4 is 5.32 Å². The van der Waals surface area contributed by atoms with E-state index in [-0.39, 0.29) is 21.7 Å². The molecule has 0 aromatic heterocycles. The lowest BCUT2D eigenvalue weighted by molar-refractivity contribution is -0.163. The molecule has 0 aliphatic carbocycles. The number of hydrogen-bond donors (Lipinski definition) is 1. The van der Waals surface area contributed by atoms with Crippen molar-refractivity contribution < 1.29 is 30.8 Å². The maximum atomic E-state index is 12.9. The third-order valence-corrected chi connectivity index (χ3v) is 3.94. The van der Waals surface area contributed by atoms with E-state index in [0.29, 0.717) is 0 Å². The third kappa shape index (κ3) is 3.85. The summed E-state index contributed by atoms with van der Waals surface area (Å²) in [5.74, 6) is -7.03. The Labute approximate surface area is 122 Å². The van der Waals surface area contributed by atoms with Gasteiger partial charge in [-0.2, -0.15) is 8.78 Å². The first-order valence-electron chi connectivity index (χ1n) is 5.40. The summed E-state index contributed by atoms with van der Waals surface area (Å²) in [7, 11) is 1.10. The number of rotatable bonds is 4. The number of aryl methyl sites for hydroxylation is 2. The van der Waals surface area contributed by atoms with Crippen LogP contribution in [0.3, 0.4) is 0 Å². The summed E-state index contributed by atoms with van der Waals surface area (Å²) in [4.78, 5) is 10.9. The average molecular weight is 348 g/mol. The highest BCUT2D eigenvalue weighted by Gasteiger charge is 2.49. The number of hydrogen-bond acceptors (Lipinski definition) is 3. The minimum absolute atomic E-state index is 0.0904. The van der Waals surface area contributed by atoms with Crippen LogP contribution >= 0.6 is 10.7 Å². The van der Waals surface area contributed by atoms with Gasteiger partial charge in [-0.05, 0) is 37.1 Å². The zero-order valence-electron chi connectivity index (χ0n) is 10.8. The van der Waals surface area contributed by atoms with E-state index in [1.165, 1.54) is 13.8 Å². The zero-order chi connectivity index (χ0) is 16.6. The summed E-state index contributed by atoms with van der Waals surface area (Å²) in [6, 6.07) is 2.07. The molecule has 0 aliphatic rings. The lowest BCUT2D eigenvalue weighted by Gasteiger charge is -2.18. The molecule has 1 amide bonds. The van der Waals surface area contributed by atoms with Gasteiger partial charge in [0.1, 0.15) is 0 Å². The molecule has 1 aromatic rings. The molecule has 0 heterocycles. The van der Waals surface area contributed by atoms with Gasteiger partial charge in [0.15, 0.2) is 0 Å². The molecule has 0 saturated carbocycles. The van der Waals surface area contributed by atoms with Crippen LogP contribution in [0.1, 0.15) is 11.1 Å². The summed E-state index contributed by atoms with van der Waals surface area (Å²) < 4.78 is 72.3. The summed E-state index contributed by atoms with van der Waals surface area (Å²) in [6.07, 6.45) is -4.15. The van der Waals surface area contributed by atoms with Gasteiger partial charge in [0.25, 0.3) is 9.05 Å². The number of halogens is 5. The Kier molecular flexibility index (Phi) is 4.89. The van der Waals surface area contributed by atoms with Gasteiger partial charge in [0.2, 0.25) is 0 Å². The van der Waals surface area contributed by atoms with E-state index in [1.807, 2.05) is 0 Å². The highest BCUT2D eigenvalue weighted by molar-refractivity contribution is 8.13. The number of amides is 1. The van der Waals surface area contributed by atoms with Crippen LogP contribution in [0.5, 0.6) is 0 Å². The van der Waals surface area contributed by atoms with Crippen LogP contribution in [-0.2, 0) is 13.8 Å². The van der Waals surface area contributed by atoms with Crippen molar-refractivity contribution in [2.75, 3.05) is 5.32 Å². The highest BCUT2D eigenvalue weighted by atomic mass is 35.7. The Hall–Kier alpha value is -1.35. The molecule has 0 bridgehead atoms.